The van der Waals surface area contributed by atoms with Gasteiger partial charge in [-0.05, 0) is 18.2 Å². The first-order valence-corrected chi connectivity index (χ1v) is 9.69. The van der Waals surface area contributed by atoms with Gasteiger partial charge in [0.2, 0.25) is 5.79 Å². The summed E-state index contributed by atoms with van der Waals surface area (Å²) in [5.74, 6) is -1.40. The second-order valence-electron chi connectivity index (χ2n) is 4.87. The molecule has 1 saturated heterocycles. The average molecular weight is 394 g/mol. The normalized spacial score (nSPS) is 17.3. The molecule has 0 N–H and O–H groups in total. The SMILES string of the molecule is O=S(=O)(Cl)c1c(Cl)cccc1C1(c2ccc(Cl)cc2)OCCO1. The molecule has 4 nitrogen and oxygen atoms in total. The maximum absolute atomic E-state index is 12.0. The largest absolute Gasteiger partial charge is 0.340 e. The van der Waals surface area contributed by atoms with Crippen molar-refractivity contribution in [3.63, 3.8) is 0 Å². The zero-order chi connectivity index (χ0) is 16.7. The van der Waals surface area contributed by atoms with Gasteiger partial charge < -0.3 is 9.47 Å². The molecule has 0 aromatic heterocycles. The predicted molar refractivity (Wildman–Crippen MR) is 88.6 cm³/mol. The topological polar surface area (TPSA) is 52.6 Å². The van der Waals surface area contributed by atoms with E-state index in [1.807, 2.05) is 0 Å². The van der Waals surface area contributed by atoms with Gasteiger partial charge in [-0.3, -0.25) is 0 Å². The van der Waals surface area contributed by atoms with E-state index in [2.05, 4.69) is 0 Å². The minimum atomic E-state index is -4.10. The van der Waals surface area contributed by atoms with E-state index in [1.165, 1.54) is 6.07 Å². The smallest absolute Gasteiger partial charge is 0.263 e. The van der Waals surface area contributed by atoms with Gasteiger partial charge in [0.05, 0.1) is 18.2 Å². The molecule has 8 heteroatoms. The average Bonchev–Trinajstić information content (AvgIpc) is 2.97. The molecule has 0 saturated carbocycles. The van der Waals surface area contributed by atoms with Crippen LogP contribution in [0, 0.1) is 0 Å². The zero-order valence-corrected chi connectivity index (χ0v) is 14.7. The molecule has 0 spiro atoms. The molecule has 0 radical (unpaired) electrons. The highest BCUT2D eigenvalue weighted by Gasteiger charge is 2.44. The van der Waals surface area contributed by atoms with Gasteiger partial charge in [-0.25, -0.2) is 8.42 Å². The number of ether oxygens (including phenoxy) is 2. The highest BCUT2D eigenvalue weighted by Crippen LogP contribution is 2.44. The minimum absolute atomic E-state index is 0.00457. The van der Waals surface area contributed by atoms with Gasteiger partial charge in [0.25, 0.3) is 9.05 Å². The third-order valence-electron chi connectivity index (χ3n) is 3.48. The fraction of sp³-hybridized carbons (Fsp3) is 0.200. The molecule has 2 aromatic carbocycles. The molecule has 0 amide bonds. The number of benzene rings is 2. The lowest BCUT2D eigenvalue weighted by Crippen LogP contribution is -2.30. The Labute approximate surface area is 148 Å². The Morgan fingerprint density at radius 2 is 1.57 bits per heavy atom. The van der Waals surface area contributed by atoms with Crippen LogP contribution in [0.4, 0.5) is 0 Å². The van der Waals surface area contributed by atoms with Crippen molar-refractivity contribution in [2.24, 2.45) is 0 Å². The van der Waals surface area contributed by atoms with Crippen molar-refractivity contribution in [1.29, 1.82) is 0 Å². The summed E-state index contributed by atoms with van der Waals surface area (Å²) < 4.78 is 35.6. The summed E-state index contributed by atoms with van der Waals surface area (Å²) in [5.41, 5.74) is 0.836. The molecule has 1 fully saturated rings. The predicted octanol–water partition coefficient (Wildman–Crippen LogP) is 4.17. The number of halogens is 3. The van der Waals surface area contributed by atoms with E-state index in [1.54, 1.807) is 36.4 Å². The monoisotopic (exact) mass is 392 g/mol. The van der Waals surface area contributed by atoms with Gasteiger partial charge in [0.15, 0.2) is 0 Å². The molecule has 1 aliphatic heterocycles. The summed E-state index contributed by atoms with van der Waals surface area (Å²) in [5, 5.41) is 0.545. The van der Waals surface area contributed by atoms with E-state index in [0.717, 1.165) is 0 Å². The Hall–Kier alpha value is -0.820. The molecular weight excluding hydrogens is 383 g/mol. The lowest BCUT2D eigenvalue weighted by molar-refractivity contribution is -0.131. The van der Waals surface area contributed by atoms with Crippen molar-refractivity contribution in [3.05, 3.63) is 63.6 Å². The van der Waals surface area contributed by atoms with Crippen LogP contribution in [-0.2, 0) is 24.3 Å². The first-order chi connectivity index (χ1) is 10.8. The summed E-state index contributed by atoms with van der Waals surface area (Å²) in [4.78, 5) is -0.222. The Bertz CT molecular complexity index is 828. The van der Waals surface area contributed by atoms with E-state index < -0.39 is 14.8 Å². The second-order valence-corrected chi connectivity index (χ2v) is 8.22. The second kappa shape index (κ2) is 6.24. The van der Waals surface area contributed by atoms with Crippen molar-refractivity contribution in [2.75, 3.05) is 13.2 Å². The number of rotatable bonds is 3. The third-order valence-corrected chi connectivity index (χ3v) is 5.55. The fourth-order valence-corrected chi connectivity index (χ4v) is 4.56. The summed E-state index contributed by atoms with van der Waals surface area (Å²) in [6.45, 7) is 0.605. The van der Waals surface area contributed by atoms with Crippen molar-refractivity contribution in [1.82, 2.24) is 0 Å². The van der Waals surface area contributed by atoms with Gasteiger partial charge in [-0.2, -0.15) is 0 Å². The lowest BCUT2D eigenvalue weighted by atomic mass is 9.97. The van der Waals surface area contributed by atoms with Crippen LogP contribution in [0.3, 0.4) is 0 Å². The van der Waals surface area contributed by atoms with Gasteiger partial charge in [-0.1, -0.05) is 47.5 Å². The van der Waals surface area contributed by atoms with Crippen LogP contribution in [0.15, 0.2) is 47.4 Å². The Morgan fingerprint density at radius 3 is 2.13 bits per heavy atom. The molecular formula is C15H11Cl3O4S. The highest BCUT2D eigenvalue weighted by molar-refractivity contribution is 8.13. The molecule has 0 atom stereocenters. The maximum Gasteiger partial charge on any atom is 0.263 e. The summed E-state index contributed by atoms with van der Waals surface area (Å²) in [7, 11) is 1.48. The summed E-state index contributed by atoms with van der Waals surface area (Å²) in [6, 6.07) is 11.4. The quantitative estimate of drug-likeness (QED) is 0.735. The highest BCUT2D eigenvalue weighted by atomic mass is 35.7. The molecule has 122 valence electrons. The van der Waals surface area contributed by atoms with Crippen molar-refractivity contribution in [2.45, 2.75) is 10.7 Å². The van der Waals surface area contributed by atoms with E-state index >= 15 is 0 Å². The van der Waals surface area contributed by atoms with Gasteiger partial charge in [0.1, 0.15) is 4.90 Å². The molecule has 23 heavy (non-hydrogen) atoms. The van der Waals surface area contributed by atoms with Crippen LogP contribution in [0.1, 0.15) is 11.1 Å². The molecule has 0 aliphatic carbocycles. The third kappa shape index (κ3) is 3.09. The Kier molecular flexibility index (Phi) is 4.62. The van der Waals surface area contributed by atoms with E-state index in [-0.39, 0.29) is 15.5 Å². The summed E-state index contributed by atoms with van der Waals surface area (Å²) >= 11 is 12.0. The minimum Gasteiger partial charge on any atom is -0.340 e. The fourth-order valence-electron chi connectivity index (χ4n) is 2.58. The van der Waals surface area contributed by atoms with Crippen LogP contribution in [0.2, 0.25) is 10.0 Å². The molecule has 0 bridgehead atoms. The van der Waals surface area contributed by atoms with E-state index in [4.69, 9.17) is 43.4 Å². The van der Waals surface area contributed by atoms with Crippen molar-refractivity contribution >= 4 is 42.9 Å². The summed E-state index contributed by atoms with van der Waals surface area (Å²) in [6.07, 6.45) is 0. The standard InChI is InChI=1S/C15H11Cl3O4S/c16-11-6-4-10(5-7-11)15(21-8-9-22-15)12-2-1-3-13(17)14(12)23(18,19)20/h1-7H,8-9H2. The maximum atomic E-state index is 12.0. The van der Waals surface area contributed by atoms with Crippen LogP contribution < -0.4 is 0 Å². The molecule has 1 aliphatic rings. The van der Waals surface area contributed by atoms with Gasteiger partial charge >= 0.3 is 0 Å². The zero-order valence-electron chi connectivity index (χ0n) is 11.6. The van der Waals surface area contributed by atoms with Crippen LogP contribution in [-0.4, -0.2) is 21.6 Å². The van der Waals surface area contributed by atoms with E-state index in [0.29, 0.717) is 23.8 Å². The van der Waals surface area contributed by atoms with Crippen LogP contribution in [0.5, 0.6) is 0 Å². The number of hydrogen-bond acceptors (Lipinski definition) is 4. The first kappa shape index (κ1) is 17.0. The molecule has 3 rings (SSSR count). The molecule has 1 heterocycles. The Morgan fingerprint density at radius 1 is 0.957 bits per heavy atom. The molecule has 0 unspecified atom stereocenters. The van der Waals surface area contributed by atoms with Gasteiger partial charge in [-0.15, -0.1) is 0 Å². The van der Waals surface area contributed by atoms with Crippen LogP contribution in [0.25, 0.3) is 0 Å². The molecule has 2 aromatic rings. The van der Waals surface area contributed by atoms with Crippen molar-refractivity contribution in [3.8, 4) is 0 Å². The Balaban J connectivity index is 2.29. The van der Waals surface area contributed by atoms with E-state index in [9.17, 15) is 8.42 Å². The van der Waals surface area contributed by atoms with Crippen molar-refractivity contribution < 1.29 is 17.9 Å². The van der Waals surface area contributed by atoms with Gasteiger partial charge in [0, 0.05) is 26.8 Å². The lowest BCUT2D eigenvalue weighted by Gasteiger charge is -2.30. The number of hydrogen-bond donors (Lipinski definition) is 0. The first-order valence-electron chi connectivity index (χ1n) is 6.62. The van der Waals surface area contributed by atoms with Crippen LogP contribution >= 0.6 is 33.9 Å².